The van der Waals surface area contributed by atoms with Crippen LogP contribution in [0.3, 0.4) is 0 Å². The molecule has 2 aromatic rings. The largest absolute Gasteiger partial charge is 0.313 e. The maximum Gasteiger partial charge on any atom is 0.0947 e. The van der Waals surface area contributed by atoms with E-state index in [1.807, 2.05) is 26.1 Å². The fraction of sp³-hybridized carbons (Fsp3) is 0.357. The number of aryl methyl sites for hydroxylation is 2. The van der Waals surface area contributed by atoms with Crippen LogP contribution in [-0.2, 0) is 6.42 Å². The van der Waals surface area contributed by atoms with Gasteiger partial charge in [-0.2, -0.15) is 0 Å². The van der Waals surface area contributed by atoms with Gasteiger partial charge < -0.3 is 5.32 Å². The van der Waals surface area contributed by atoms with Crippen molar-refractivity contribution in [1.29, 1.82) is 0 Å². The van der Waals surface area contributed by atoms with E-state index in [1.54, 1.807) is 11.3 Å². The Morgan fingerprint density at radius 3 is 2.67 bits per heavy atom. The van der Waals surface area contributed by atoms with Gasteiger partial charge in [0.1, 0.15) is 0 Å². The van der Waals surface area contributed by atoms with Crippen LogP contribution in [0.25, 0.3) is 0 Å². The Morgan fingerprint density at radius 2 is 2.11 bits per heavy atom. The Morgan fingerprint density at radius 1 is 1.33 bits per heavy atom. The maximum atomic E-state index is 6.12. The molecule has 0 aliphatic rings. The molecule has 0 spiro atoms. The third-order valence-corrected chi connectivity index (χ3v) is 4.07. The van der Waals surface area contributed by atoms with E-state index < -0.39 is 0 Å². The molecule has 18 heavy (non-hydrogen) atoms. The molecule has 0 aliphatic carbocycles. The lowest BCUT2D eigenvalue weighted by atomic mass is 10.0. The van der Waals surface area contributed by atoms with Crippen LogP contribution < -0.4 is 5.32 Å². The summed E-state index contributed by atoms with van der Waals surface area (Å²) in [5, 5.41) is 7.38. The lowest BCUT2D eigenvalue weighted by Crippen LogP contribution is -2.19. The molecule has 0 aliphatic heterocycles. The van der Waals surface area contributed by atoms with Gasteiger partial charge in [0.25, 0.3) is 0 Å². The average Bonchev–Trinajstić information content (AvgIpc) is 2.70. The zero-order valence-corrected chi connectivity index (χ0v) is 12.4. The van der Waals surface area contributed by atoms with Crippen molar-refractivity contribution in [3.05, 3.63) is 50.4 Å². The minimum atomic E-state index is 0.257. The van der Waals surface area contributed by atoms with Crippen LogP contribution in [0.15, 0.2) is 23.6 Å². The third-order valence-electron chi connectivity index (χ3n) is 2.86. The number of hydrogen-bond acceptors (Lipinski definition) is 3. The first-order chi connectivity index (χ1) is 8.58. The molecule has 0 fully saturated rings. The van der Waals surface area contributed by atoms with Crippen molar-refractivity contribution in [3.8, 4) is 0 Å². The van der Waals surface area contributed by atoms with E-state index in [0.29, 0.717) is 0 Å². The topological polar surface area (TPSA) is 24.9 Å². The molecule has 0 radical (unpaired) electrons. The van der Waals surface area contributed by atoms with Crippen LogP contribution in [-0.4, -0.2) is 12.0 Å². The van der Waals surface area contributed by atoms with Crippen molar-refractivity contribution in [2.24, 2.45) is 0 Å². The Hall–Kier alpha value is -0.900. The van der Waals surface area contributed by atoms with Gasteiger partial charge in [0.05, 0.1) is 5.01 Å². The Balaban J connectivity index is 2.22. The zero-order valence-electron chi connectivity index (χ0n) is 10.8. The molecular weight excluding hydrogens is 264 g/mol. The summed E-state index contributed by atoms with van der Waals surface area (Å²) in [6, 6.07) is 6.43. The highest BCUT2D eigenvalue weighted by Crippen LogP contribution is 2.24. The van der Waals surface area contributed by atoms with Crippen LogP contribution >= 0.6 is 22.9 Å². The summed E-state index contributed by atoms with van der Waals surface area (Å²) in [4.78, 5) is 4.51. The quantitative estimate of drug-likeness (QED) is 0.918. The van der Waals surface area contributed by atoms with Crippen molar-refractivity contribution in [1.82, 2.24) is 10.3 Å². The van der Waals surface area contributed by atoms with Crippen LogP contribution in [0.1, 0.15) is 27.9 Å². The molecule has 1 aromatic heterocycles. The van der Waals surface area contributed by atoms with Gasteiger partial charge in [-0.1, -0.05) is 17.7 Å². The summed E-state index contributed by atoms with van der Waals surface area (Å²) in [5.41, 5.74) is 3.50. The Kier molecular flexibility index (Phi) is 4.38. The number of hydrogen-bond donors (Lipinski definition) is 1. The summed E-state index contributed by atoms with van der Waals surface area (Å²) in [6.07, 6.45) is 0.898. The molecule has 0 saturated heterocycles. The Bertz CT molecular complexity index is 516. The van der Waals surface area contributed by atoms with Crippen LogP contribution in [0, 0.1) is 13.8 Å². The van der Waals surface area contributed by atoms with E-state index in [0.717, 1.165) is 22.1 Å². The highest BCUT2D eigenvalue weighted by Gasteiger charge is 2.13. The van der Waals surface area contributed by atoms with Gasteiger partial charge in [0.15, 0.2) is 0 Å². The predicted molar refractivity (Wildman–Crippen MR) is 78.5 cm³/mol. The van der Waals surface area contributed by atoms with E-state index in [4.69, 9.17) is 11.6 Å². The molecule has 1 heterocycles. The molecule has 2 nitrogen and oxygen atoms in total. The van der Waals surface area contributed by atoms with Crippen molar-refractivity contribution in [2.45, 2.75) is 26.3 Å². The highest BCUT2D eigenvalue weighted by molar-refractivity contribution is 7.09. The molecule has 96 valence electrons. The van der Waals surface area contributed by atoms with Gasteiger partial charge in [-0.15, -0.1) is 11.3 Å². The van der Waals surface area contributed by atoms with Crippen LogP contribution in [0.4, 0.5) is 0 Å². The average molecular weight is 281 g/mol. The molecule has 1 N–H and O–H groups in total. The predicted octanol–water partition coefficient (Wildman–Crippen LogP) is 3.92. The fourth-order valence-corrected chi connectivity index (χ4v) is 3.14. The van der Waals surface area contributed by atoms with E-state index in [-0.39, 0.29) is 6.04 Å². The highest BCUT2D eigenvalue weighted by atomic mass is 35.5. The monoisotopic (exact) mass is 280 g/mol. The van der Waals surface area contributed by atoms with E-state index >= 15 is 0 Å². The summed E-state index contributed by atoms with van der Waals surface area (Å²) in [5.74, 6) is 0. The lowest BCUT2D eigenvalue weighted by molar-refractivity contribution is 0.589. The van der Waals surface area contributed by atoms with Gasteiger partial charge in [0, 0.05) is 28.6 Å². The van der Waals surface area contributed by atoms with E-state index in [2.05, 4.69) is 28.7 Å². The second-order valence-electron chi connectivity index (χ2n) is 4.49. The SMILES string of the molecule is CNC(Cc1nc(C)cs1)c1cc(C)cc(Cl)c1. The molecule has 4 heteroatoms. The second-order valence-corrected chi connectivity index (χ2v) is 5.87. The molecule has 2 rings (SSSR count). The summed E-state index contributed by atoms with van der Waals surface area (Å²) >= 11 is 7.83. The molecule has 0 bridgehead atoms. The summed E-state index contributed by atoms with van der Waals surface area (Å²) in [6.45, 7) is 4.09. The molecule has 0 saturated carbocycles. The maximum absolute atomic E-state index is 6.12. The van der Waals surface area contributed by atoms with Crippen molar-refractivity contribution in [2.75, 3.05) is 7.05 Å². The van der Waals surface area contributed by atoms with Crippen LogP contribution in [0.5, 0.6) is 0 Å². The number of thiazole rings is 1. The minimum absolute atomic E-state index is 0.257. The normalized spacial score (nSPS) is 12.7. The summed E-state index contributed by atoms with van der Waals surface area (Å²) < 4.78 is 0. The van der Waals surface area contributed by atoms with Gasteiger partial charge in [-0.05, 0) is 44.2 Å². The molecule has 0 amide bonds. The number of halogens is 1. The van der Waals surface area contributed by atoms with E-state index in [9.17, 15) is 0 Å². The van der Waals surface area contributed by atoms with Gasteiger partial charge in [0.2, 0.25) is 0 Å². The standard InChI is InChI=1S/C14H17ClN2S/c1-9-4-11(6-12(15)5-9)13(16-3)7-14-17-10(2)8-18-14/h4-6,8,13,16H,7H2,1-3H3. The number of nitrogens with zero attached hydrogens (tertiary/aromatic N) is 1. The third kappa shape index (κ3) is 3.31. The van der Waals surface area contributed by atoms with E-state index in [1.165, 1.54) is 11.1 Å². The van der Waals surface area contributed by atoms with Crippen molar-refractivity contribution < 1.29 is 0 Å². The molecule has 1 unspecified atom stereocenters. The number of benzene rings is 1. The number of nitrogens with one attached hydrogen (secondary N) is 1. The number of likely N-dealkylation sites (N-methyl/N-ethyl adjacent to an activating group) is 1. The number of rotatable bonds is 4. The molecule has 1 atom stereocenters. The Labute approximate surface area is 117 Å². The first kappa shape index (κ1) is 13.5. The minimum Gasteiger partial charge on any atom is -0.313 e. The van der Waals surface area contributed by atoms with Crippen molar-refractivity contribution in [3.63, 3.8) is 0 Å². The molecular formula is C14H17ClN2S. The second kappa shape index (κ2) is 5.83. The van der Waals surface area contributed by atoms with Crippen molar-refractivity contribution >= 4 is 22.9 Å². The van der Waals surface area contributed by atoms with Gasteiger partial charge >= 0.3 is 0 Å². The lowest BCUT2D eigenvalue weighted by Gasteiger charge is -2.16. The summed E-state index contributed by atoms with van der Waals surface area (Å²) in [7, 11) is 1.97. The first-order valence-electron chi connectivity index (χ1n) is 5.94. The van der Waals surface area contributed by atoms with Gasteiger partial charge in [-0.25, -0.2) is 4.98 Å². The first-order valence-corrected chi connectivity index (χ1v) is 7.19. The smallest absolute Gasteiger partial charge is 0.0947 e. The molecule has 1 aromatic carbocycles. The zero-order chi connectivity index (χ0) is 13.1. The fourth-order valence-electron chi connectivity index (χ4n) is 2.02. The van der Waals surface area contributed by atoms with Gasteiger partial charge in [-0.3, -0.25) is 0 Å². The van der Waals surface area contributed by atoms with Crippen LogP contribution in [0.2, 0.25) is 5.02 Å². The number of aromatic nitrogens is 1.